The second-order valence-corrected chi connectivity index (χ2v) is 8.65. The Bertz CT molecular complexity index is 676. The molecule has 2 fully saturated rings. The van der Waals surface area contributed by atoms with Crippen LogP contribution in [-0.2, 0) is 11.3 Å². The lowest BCUT2D eigenvalue weighted by Gasteiger charge is -2.49. The Kier molecular flexibility index (Phi) is 6.11. The highest BCUT2D eigenvalue weighted by molar-refractivity contribution is 5.76. The van der Waals surface area contributed by atoms with Crippen molar-refractivity contribution in [2.75, 3.05) is 47.4 Å². The summed E-state index contributed by atoms with van der Waals surface area (Å²) in [6, 6.07) is 6.58. The summed E-state index contributed by atoms with van der Waals surface area (Å²) in [7, 11) is 5.92. The average molecular weight is 374 g/mol. The van der Waals surface area contributed by atoms with Gasteiger partial charge in [0.1, 0.15) is 5.75 Å². The van der Waals surface area contributed by atoms with E-state index in [1.54, 1.807) is 7.11 Å². The fraction of sp³-hybridized carbons (Fsp3) is 0.682. The van der Waals surface area contributed by atoms with Gasteiger partial charge in [0.2, 0.25) is 5.91 Å². The van der Waals surface area contributed by atoms with E-state index in [1.807, 2.05) is 11.9 Å². The molecule has 1 amide bonds. The molecule has 27 heavy (non-hydrogen) atoms. The summed E-state index contributed by atoms with van der Waals surface area (Å²) < 4.78 is 5.64. The molecule has 0 saturated carbocycles. The van der Waals surface area contributed by atoms with Crippen LogP contribution in [0, 0.1) is 0 Å². The van der Waals surface area contributed by atoms with Crippen molar-refractivity contribution in [3.05, 3.63) is 29.3 Å². The molecule has 0 N–H and O–H groups in total. The first kappa shape index (κ1) is 20.2. The molecule has 0 aliphatic carbocycles. The van der Waals surface area contributed by atoms with Gasteiger partial charge in [0.15, 0.2) is 0 Å². The van der Waals surface area contributed by atoms with Crippen molar-refractivity contribution in [1.29, 1.82) is 0 Å². The predicted molar refractivity (Wildman–Crippen MR) is 109 cm³/mol. The molecule has 0 unspecified atom stereocenters. The molecule has 3 rings (SSSR count). The minimum absolute atomic E-state index is 0.0988. The number of amides is 1. The molecule has 150 valence electrons. The Hall–Kier alpha value is -1.59. The third-order valence-electron chi connectivity index (χ3n) is 6.59. The molecule has 1 aromatic rings. The number of hydrogen-bond acceptors (Lipinski definition) is 4. The maximum Gasteiger partial charge on any atom is 0.222 e. The van der Waals surface area contributed by atoms with Gasteiger partial charge in [-0.1, -0.05) is 26.0 Å². The van der Waals surface area contributed by atoms with Crippen LogP contribution < -0.4 is 4.74 Å². The molecule has 5 heteroatoms. The summed E-state index contributed by atoms with van der Waals surface area (Å²) in [5.41, 5.74) is 2.73. The van der Waals surface area contributed by atoms with Crippen molar-refractivity contribution in [2.45, 2.75) is 51.1 Å². The Labute approximate surface area is 164 Å². The van der Waals surface area contributed by atoms with Gasteiger partial charge < -0.3 is 9.64 Å². The summed E-state index contributed by atoms with van der Waals surface area (Å²) in [5, 5.41) is 0. The van der Waals surface area contributed by atoms with E-state index in [9.17, 15) is 4.79 Å². The van der Waals surface area contributed by atoms with E-state index in [1.165, 1.54) is 11.1 Å². The fourth-order valence-corrected chi connectivity index (χ4v) is 4.50. The zero-order valence-corrected chi connectivity index (χ0v) is 17.6. The van der Waals surface area contributed by atoms with E-state index in [0.29, 0.717) is 12.3 Å². The lowest BCUT2D eigenvalue weighted by atomic mass is 9.86. The number of methoxy groups -OCH3 is 1. The highest BCUT2D eigenvalue weighted by atomic mass is 16.5. The van der Waals surface area contributed by atoms with E-state index in [0.717, 1.165) is 51.3 Å². The quantitative estimate of drug-likeness (QED) is 0.813. The van der Waals surface area contributed by atoms with Crippen molar-refractivity contribution in [3.63, 3.8) is 0 Å². The highest BCUT2D eigenvalue weighted by Gasteiger charge is 2.41. The predicted octanol–water partition coefficient (Wildman–Crippen LogP) is 2.95. The summed E-state index contributed by atoms with van der Waals surface area (Å²) >= 11 is 0. The Morgan fingerprint density at radius 3 is 2.63 bits per heavy atom. The second-order valence-electron chi connectivity index (χ2n) is 8.65. The van der Waals surface area contributed by atoms with Gasteiger partial charge in [0.25, 0.3) is 0 Å². The van der Waals surface area contributed by atoms with E-state index in [-0.39, 0.29) is 11.4 Å². The smallest absolute Gasteiger partial charge is 0.222 e. The number of carbonyl (C=O) groups excluding carboxylic acids is 1. The van der Waals surface area contributed by atoms with E-state index in [2.05, 4.69) is 48.9 Å². The Morgan fingerprint density at radius 2 is 1.93 bits per heavy atom. The Morgan fingerprint density at radius 1 is 1.15 bits per heavy atom. The number of hydrogen-bond donors (Lipinski definition) is 0. The van der Waals surface area contributed by atoms with Gasteiger partial charge in [-0.25, -0.2) is 0 Å². The molecule has 5 nitrogen and oxygen atoms in total. The number of carbonyl (C=O) groups is 1. The van der Waals surface area contributed by atoms with Crippen molar-refractivity contribution in [2.24, 2.45) is 0 Å². The molecule has 2 saturated heterocycles. The lowest BCUT2D eigenvalue weighted by Crippen LogP contribution is -2.60. The van der Waals surface area contributed by atoms with Crippen LogP contribution in [0.4, 0.5) is 0 Å². The van der Waals surface area contributed by atoms with Crippen molar-refractivity contribution in [3.8, 4) is 5.75 Å². The first-order valence-corrected chi connectivity index (χ1v) is 10.2. The minimum atomic E-state index is 0.0988. The monoisotopic (exact) mass is 373 g/mol. The standard InChI is InChI=1S/C22H35N3O2/c1-17(2)18-6-7-20(27-5)19(14-18)15-25-13-12-24(4)22(16-25)9-8-21(26)23(3)11-10-22/h6-7,14,17H,8-13,15-16H2,1-5H3/t22-/m0/s1. The van der Waals surface area contributed by atoms with Crippen LogP contribution in [0.1, 0.15) is 50.2 Å². The SMILES string of the molecule is COc1ccc(C(C)C)cc1CN1CCN(C)[C@]2(CCC(=O)N(C)CC2)C1. The van der Waals surface area contributed by atoms with Crippen LogP contribution >= 0.6 is 0 Å². The molecule has 0 aromatic heterocycles. The molecule has 2 aliphatic heterocycles. The van der Waals surface area contributed by atoms with Gasteiger partial charge in [-0.2, -0.15) is 0 Å². The molecular weight excluding hydrogens is 338 g/mol. The third kappa shape index (κ3) is 4.30. The van der Waals surface area contributed by atoms with E-state index >= 15 is 0 Å². The lowest BCUT2D eigenvalue weighted by molar-refractivity contribution is -0.129. The summed E-state index contributed by atoms with van der Waals surface area (Å²) in [5.74, 6) is 1.77. The number of likely N-dealkylation sites (tertiary alicyclic amines) is 1. The Balaban J connectivity index is 1.78. The average Bonchev–Trinajstić information content (AvgIpc) is 2.79. The van der Waals surface area contributed by atoms with E-state index < -0.39 is 0 Å². The largest absolute Gasteiger partial charge is 0.496 e. The highest BCUT2D eigenvalue weighted by Crippen LogP contribution is 2.33. The molecule has 2 heterocycles. The molecule has 2 aliphatic rings. The van der Waals surface area contributed by atoms with Gasteiger partial charge in [-0.15, -0.1) is 0 Å². The number of ether oxygens (including phenoxy) is 1. The molecule has 1 aromatic carbocycles. The van der Waals surface area contributed by atoms with E-state index in [4.69, 9.17) is 4.74 Å². The molecule has 1 spiro atoms. The van der Waals surface area contributed by atoms with Gasteiger partial charge in [0, 0.05) is 57.3 Å². The van der Waals surface area contributed by atoms with Gasteiger partial charge in [0.05, 0.1) is 7.11 Å². The van der Waals surface area contributed by atoms with Gasteiger partial charge >= 0.3 is 0 Å². The van der Waals surface area contributed by atoms with Gasteiger partial charge in [-0.05, 0) is 37.4 Å². The van der Waals surface area contributed by atoms with Crippen molar-refractivity contribution < 1.29 is 9.53 Å². The molecule has 0 radical (unpaired) electrons. The maximum absolute atomic E-state index is 12.2. The fourth-order valence-electron chi connectivity index (χ4n) is 4.50. The van der Waals surface area contributed by atoms with Crippen molar-refractivity contribution >= 4 is 5.91 Å². The number of benzene rings is 1. The molecular formula is C22H35N3O2. The van der Waals surface area contributed by atoms with Crippen LogP contribution in [-0.4, -0.2) is 73.5 Å². The summed E-state index contributed by atoms with van der Waals surface area (Å²) in [6.45, 7) is 9.33. The minimum Gasteiger partial charge on any atom is -0.496 e. The maximum atomic E-state index is 12.2. The second kappa shape index (κ2) is 8.19. The number of likely N-dealkylation sites (N-methyl/N-ethyl adjacent to an activating group) is 1. The van der Waals surface area contributed by atoms with Crippen LogP contribution in [0.15, 0.2) is 18.2 Å². The van der Waals surface area contributed by atoms with Crippen LogP contribution in [0.2, 0.25) is 0 Å². The van der Waals surface area contributed by atoms with Crippen molar-refractivity contribution in [1.82, 2.24) is 14.7 Å². The first-order chi connectivity index (χ1) is 12.8. The molecule has 1 atom stereocenters. The van der Waals surface area contributed by atoms with Crippen LogP contribution in [0.5, 0.6) is 5.75 Å². The number of piperazine rings is 1. The third-order valence-corrected chi connectivity index (χ3v) is 6.59. The number of nitrogens with zero attached hydrogens (tertiary/aromatic N) is 3. The summed E-state index contributed by atoms with van der Waals surface area (Å²) in [6.07, 6.45) is 2.65. The van der Waals surface area contributed by atoms with Crippen LogP contribution in [0.3, 0.4) is 0 Å². The van der Waals surface area contributed by atoms with Gasteiger partial charge in [-0.3, -0.25) is 14.6 Å². The topological polar surface area (TPSA) is 36.0 Å². The normalized spacial score (nSPS) is 25.3. The molecule has 0 bridgehead atoms. The zero-order valence-electron chi connectivity index (χ0n) is 17.6. The van der Waals surface area contributed by atoms with Crippen LogP contribution in [0.25, 0.3) is 0 Å². The summed E-state index contributed by atoms with van der Waals surface area (Å²) in [4.78, 5) is 19.1. The first-order valence-electron chi connectivity index (χ1n) is 10.2. The number of rotatable bonds is 4. The zero-order chi connectivity index (χ0) is 19.6.